The Morgan fingerprint density at radius 3 is 2.34 bits per heavy atom. The van der Waals surface area contributed by atoms with E-state index in [0.29, 0.717) is 18.7 Å². The monoisotopic (exact) mass is 528 g/mol. The molecule has 192 valence electrons. The van der Waals surface area contributed by atoms with Crippen molar-refractivity contribution in [3.8, 4) is 11.8 Å². The summed E-state index contributed by atoms with van der Waals surface area (Å²) in [7, 11) is 1.59. The van der Waals surface area contributed by atoms with Crippen LogP contribution in [0.2, 0.25) is 0 Å². The summed E-state index contributed by atoms with van der Waals surface area (Å²) in [5, 5.41) is 23.4. The third kappa shape index (κ3) is 6.02. The fourth-order valence-electron chi connectivity index (χ4n) is 3.97. The molecule has 38 heavy (non-hydrogen) atoms. The van der Waals surface area contributed by atoms with Crippen molar-refractivity contribution in [2.75, 3.05) is 18.6 Å². The molecule has 0 aliphatic carbocycles. The van der Waals surface area contributed by atoms with E-state index in [9.17, 15) is 25.0 Å². The van der Waals surface area contributed by atoms with Crippen LogP contribution in [0.5, 0.6) is 5.75 Å². The number of nitrogens with one attached hydrogen (secondary N) is 1. The molecule has 9 nitrogen and oxygen atoms in total. The summed E-state index contributed by atoms with van der Waals surface area (Å²) in [6.07, 6.45) is 0.840. The average Bonchev–Trinajstić information content (AvgIpc) is 3.25. The van der Waals surface area contributed by atoms with Gasteiger partial charge < -0.3 is 10.1 Å². The van der Waals surface area contributed by atoms with Crippen molar-refractivity contribution in [2.45, 2.75) is 18.1 Å². The molecule has 1 atom stereocenters. The van der Waals surface area contributed by atoms with E-state index in [-0.39, 0.29) is 28.6 Å². The Bertz CT molecular complexity index is 1400. The van der Waals surface area contributed by atoms with Crippen molar-refractivity contribution >= 4 is 35.0 Å². The summed E-state index contributed by atoms with van der Waals surface area (Å²) in [6, 6.07) is 24.3. The number of rotatable bonds is 9. The van der Waals surface area contributed by atoms with Crippen LogP contribution in [0.15, 0.2) is 89.5 Å². The van der Waals surface area contributed by atoms with Crippen LogP contribution in [-0.2, 0) is 22.4 Å². The summed E-state index contributed by atoms with van der Waals surface area (Å²) < 4.78 is 5.16. The molecule has 1 aliphatic rings. The van der Waals surface area contributed by atoms with E-state index in [0.717, 1.165) is 28.6 Å². The van der Waals surface area contributed by atoms with E-state index in [4.69, 9.17) is 4.74 Å². The maximum atomic E-state index is 13.5. The van der Waals surface area contributed by atoms with Crippen LogP contribution < -0.4 is 15.0 Å². The lowest BCUT2D eigenvalue weighted by Crippen LogP contribution is -2.32. The van der Waals surface area contributed by atoms with E-state index in [1.807, 2.05) is 36.4 Å². The van der Waals surface area contributed by atoms with Crippen LogP contribution in [0.3, 0.4) is 0 Å². The Kier molecular flexibility index (Phi) is 8.40. The standard InChI is InChI=1S/C28H24N4O5S/c1-37-23-13-9-19(10-14-23)15-16-30-26(33)24(18-29)28-31(21-5-3-2-4-6-21)27(34)25(38-28)17-20-7-11-22(12-8-20)32(35)36/h2-14,25H,15-17H2,1H3,(H,30,33)/b28-24-/t25-/m0/s1. The summed E-state index contributed by atoms with van der Waals surface area (Å²) in [4.78, 5) is 38.5. The van der Waals surface area contributed by atoms with Crippen LogP contribution in [0.4, 0.5) is 11.4 Å². The predicted molar refractivity (Wildman–Crippen MR) is 144 cm³/mol. The molecule has 0 saturated carbocycles. The molecule has 1 saturated heterocycles. The molecule has 0 aromatic heterocycles. The third-order valence-electron chi connectivity index (χ3n) is 5.95. The number of hydrogen-bond acceptors (Lipinski definition) is 7. The number of ether oxygens (including phenoxy) is 1. The van der Waals surface area contributed by atoms with Gasteiger partial charge in [0.25, 0.3) is 11.6 Å². The van der Waals surface area contributed by atoms with Crippen molar-refractivity contribution < 1.29 is 19.2 Å². The van der Waals surface area contributed by atoms with Crippen LogP contribution in [0.25, 0.3) is 0 Å². The highest BCUT2D eigenvalue weighted by Crippen LogP contribution is 2.41. The minimum atomic E-state index is -0.609. The van der Waals surface area contributed by atoms with Gasteiger partial charge in [-0.05, 0) is 48.2 Å². The molecule has 10 heteroatoms. The highest BCUT2D eigenvalue weighted by atomic mass is 32.2. The van der Waals surface area contributed by atoms with Crippen LogP contribution in [0.1, 0.15) is 11.1 Å². The van der Waals surface area contributed by atoms with E-state index < -0.39 is 16.1 Å². The van der Waals surface area contributed by atoms with Gasteiger partial charge in [-0.3, -0.25) is 24.6 Å². The van der Waals surface area contributed by atoms with Gasteiger partial charge in [-0.1, -0.05) is 54.2 Å². The number of methoxy groups -OCH3 is 1. The number of anilines is 1. The molecule has 3 aromatic carbocycles. The Balaban J connectivity index is 1.55. The van der Waals surface area contributed by atoms with Crippen molar-refractivity contribution in [3.63, 3.8) is 0 Å². The van der Waals surface area contributed by atoms with Gasteiger partial charge in [0, 0.05) is 24.4 Å². The Morgan fingerprint density at radius 1 is 1.08 bits per heavy atom. The second-order valence-electron chi connectivity index (χ2n) is 8.39. The van der Waals surface area contributed by atoms with Gasteiger partial charge in [-0.15, -0.1) is 0 Å². The van der Waals surface area contributed by atoms with Gasteiger partial charge in [0.15, 0.2) is 0 Å². The second-order valence-corrected chi connectivity index (χ2v) is 9.58. The van der Waals surface area contributed by atoms with Crippen molar-refractivity contribution in [1.82, 2.24) is 5.32 Å². The van der Waals surface area contributed by atoms with Crippen molar-refractivity contribution in [3.05, 3.63) is 111 Å². The van der Waals surface area contributed by atoms with Gasteiger partial charge >= 0.3 is 0 Å². The Hall–Kier alpha value is -4.62. The lowest BCUT2D eigenvalue weighted by Gasteiger charge is -2.18. The Morgan fingerprint density at radius 2 is 1.74 bits per heavy atom. The van der Waals surface area contributed by atoms with Gasteiger partial charge in [-0.2, -0.15) is 5.26 Å². The molecule has 1 N–H and O–H groups in total. The summed E-state index contributed by atoms with van der Waals surface area (Å²) in [6.45, 7) is 0.305. The molecule has 0 radical (unpaired) electrons. The van der Waals surface area contributed by atoms with Gasteiger partial charge in [-0.25, -0.2) is 0 Å². The lowest BCUT2D eigenvalue weighted by atomic mass is 10.1. The first-order valence-electron chi connectivity index (χ1n) is 11.8. The van der Waals surface area contributed by atoms with Gasteiger partial charge in [0.1, 0.15) is 22.4 Å². The Labute approximate surface area is 223 Å². The van der Waals surface area contributed by atoms with E-state index in [1.165, 1.54) is 17.0 Å². The number of para-hydroxylation sites is 1. The minimum absolute atomic E-state index is 0.0382. The number of hydrogen-bond donors (Lipinski definition) is 1. The van der Waals surface area contributed by atoms with Crippen molar-refractivity contribution in [1.29, 1.82) is 5.26 Å². The number of non-ortho nitro benzene ring substituents is 1. The summed E-state index contributed by atoms with van der Waals surface area (Å²) in [5.41, 5.74) is 2.09. The number of thioether (sulfide) groups is 1. The maximum Gasteiger partial charge on any atom is 0.269 e. The zero-order valence-corrected chi connectivity index (χ0v) is 21.3. The molecule has 3 aromatic rings. The topological polar surface area (TPSA) is 126 Å². The first kappa shape index (κ1) is 26.4. The molecule has 1 heterocycles. The highest BCUT2D eigenvalue weighted by Gasteiger charge is 2.40. The largest absolute Gasteiger partial charge is 0.497 e. The molecule has 2 amide bonds. The fourth-order valence-corrected chi connectivity index (χ4v) is 5.28. The predicted octanol–water partition coefficient (Wildman–Crippen LogP) is 4.39. The number of benzene rings is 3. The SMILES string of the molecule is COc1ccc(CCNC(=O)/C(C#N)=C2\S[C@@H](Cc3ccc([N+](=O)[O-])cc3)C(=O)N2c2ccccc2)cc1. The number of carbonyl (C=O) groups is 2. The van der Waals surface area contributed by atoms with E-state index >= 15 is 0 Å². The molecule has 0 spiro atoms. The average molecular weight is 529 g/mol. The number of amides is 2. The minimum Gasteiger partial charge on any atom is -0.497 e. The summed E-state index contributed by atoms with van der Waals surface area (Å²) in [5.74, 6) is -0.0944. The molecule has 1 aliphatic heterocycles. The second kappa shape index (κ2) is 12.1. The zero-order chi connectivity index (χ0) is 27.1. The third-order valence-corrected chi connectivity index (χ3v) is 7.21. The number of nitriles is 1. The van der Waals surface area contributed by atoms with Crippen LogP contribution >= 0.6 is 11.8 Å². The smallest absolute Gasteiger partial charge is 0.269 e. The van der Waals surface area contributed by atoms with E-state index in [2.05, 4.69) is 5.32 Å². The van der Waals surface area contributed by atoms with E-state index in [1.54, 1.807) is 43.5 Å². The quantitative estimate of drug-likeness (QED) is 0.189. The normalized spacial score (nSPS) is 16.1. The van der Waals surface area contributed by atoms with Crippen molar-refractivity contribution in [2.24, 2.45) is 0 Å². The zero-order valence-electron chi connectivity index (χ0n) is 20.5. The molecule has 4 rings (SSSR count). The number of nitrogens with zero attached hydrogens (tertiary/aromatic N) is 3. The number of nitro benzene ring substituents is 1. The van der Waals surface area contributed by atoms with Gasteiger partial charge in [0.2, 0.25) is 5.91 Å². The molecule has 0 bridgehead atoms. The van der Waals surface area contributed by atoms with Gasteiger partial charge in [0.05, 0.1) is 17.3 Å². The highest BCUT2D eigenvalue weighted by molar-refractivity contribution is 8.05. The number of nitro groups is 1. The van der Waals surface area contributed by atoms with Crippen LogP contribution in [-0.4, -0.2) is 35.6 Å². The molecular formula is C28H24N4O5S. The molecule has 1 fully saturated rings. The fraction of sp³-hybridized carbons (Fsp3) is 0.179. The molecule has 0 unspecified atom stereocenters. The lowest BCUT2D eigenvalue weighted by molar-refractivity contribution is -0.384. The summed E-state index contributed by atoms with van der Waals surface area (Å²) >= 11 is 1.15. The maximum absolute atomic E-state index is 13.5. The first-order chi connectivity index (χ1) is 18.4. The van der Waals surface area contributed by atoms with Crippen LogP contribution in [0, 0.1) is 21.4 Å². The first-order valence-corrected chi connectivity index (χ1v) is 12.6. The molecular weight excluding hydrogens is 504 g/mol. The number of carbonyl (C=O) groups excluding carboxylic acids is 2.